The minimum atomic E-state index is -1.03. The van der Waals surface area contributed by atoms with Gasteiger partial charge in [0.2, 0.25) is 0 Å². The molecule has 0 saturated carbocycles. The Kier molecular flexibility index (Phi) is 3.15. The maximum Gasteiger partial charge on any atom is 0.337 e. The van der Waals surface area contributed by atoms with Gasteiger partial charge in [-0.2, -0.15) is 11.3 Å². The van der Waals surface area contributed by atoms with Crippen LogP contribution < -0.4 is 5.69 Å². The fourth-order valence-corrected chi connectivity index (χ4v) is 2.98. The molecule has 3 aromatic rings. The highest BCUT2D eigenvalue weighted by molar-refractivity contribution is 7.07. The zero-order valence-corrected chi connectivity index (χ0v) is 11.3. The fourth-order valence-electron chi connectivity index (χ4n) is 2.28. The second kappa shape index (κ2) is 4.97. The Labute approximate surface area is 118 Å². The summed E-state index contributed by atoms with van der Waals surface area (Å²) in [6, 6.07) is 6.86. The first-order valence-electron chi connectivity index (χ1n) is 6.12. The van der Waals surface area contributed by atoms with Crippen molar-refractivity contribution in [2.75, 3.05) is 0 Å². The van der Waals surface area contributed by atoms with E-state index in [1.54, 1.807) is 23.5 Å². The average Bonchev–Trinajstić information content (AvgIpc) is 3.02. The number of rotatable bonds is 4. The molecular formula is C14H12N2O3S. The van der Waals surface area contributed by atoms with Crippen molar-refractivity contribution in [2.45, 2.75) is 13.0 Å². The molecule has 20 heavy (non-hydrogen) atoms. The SMILES string of the molecule is O=C(O)c1cccc2[nH]c(=O)n(CCc3ccsc3)c12. The van der Waals surface area contributed by atoms with E-state index in [0.29, 0.717) is 24.0 Å². The van der Waals surface area contributed by atoms with Gasteiger partial charge in [0.15, 0.2) is 0 Å². The molecule has 0 spiro atoms. The van der Waals surface area contributed by atoms with Crippen LogP contribution in [0.15, 0.2) is 39.8 Å². The van der Waals surface area contributed by atoms with Gasteiger partial charge in [-0.3, -0.25) is 4.57 Å². The van der Waals surface area contributed by atoms with Gasteiger partial charge in [0.05, 0.1) is 16.6 Å². The predicted octanol–water partition coefficient (Wildman–Crippen LogP) is 2.33. The third kappa shape index (κ3) is 2.14. The second-order valence-corrected chi connectivity index (χ2v) is 5.25. The number of carboxylic acid groups (broad SMARTS) is 1. The molecule has 102 valence electrons. The normalized spacial score (nSPS) is 11.0. The Morgan fingerprint density at radius 2 is 2.20 bits per heavy atom. The number of hydrogen-bond acceptors (Lipinski definition) is 3. The molecule has 0 atom stereocenters. The number of fused-ring (bicyclic) bond motifs is 1. The number of aromatic carboxylic acids is 1. The van der Waals surface area contributed by atoms with Crippen LogP contribution in [0.25, 0.3) is 11.0 Å². The van der Waals surface area contributed by atoms with Gasteiger partial charge < -0.3 is 10.1 Å². The highest BCUT2D eigenvalue weighted by Crippen LogP contribution is 2.17. The summed E-state index contributed by atoms with van der Waals surface area (Å²) in [5.74, 6) is -1.03. The number of carboxylic acids is 1. The Balaban J connectivity index is 2.07. The van der Waals surface area contributed by atoms with Crippen LogP contribution in [0.1, 0.15) is 15.9 Å². The summed E-state index contributed by atoms with van der Waals surface area (Å²) < 4.78 is 1.50. The molecule has 0 unspecified atom stereocenters. The molecule has 0 radical (unpaired) electrons. The van der Waals surface area contributed by atoms with Crippen molar-refractivity contribution < 1.29 is 9.90 Å². The van der Waals surface area contributed by atoms with Crippen LogP contribution in [0.3, 0.4) is 0 Å². The van der Waals surface area contributed by atoms with Gasteiger partial charge >= 0.3 is 11.7 Å². The van der Waals surface area contributed by atoms with Crippen LogP contribution in [-0.4, -0.2) is 20.6 Å². The van der Waals surface area contributed by atoms with Crippen molar-refractivity contribution in [2.24, 2.45) is 0 Å². The minimum absolute atomic E-state index is 0.145. The maximum atomic E-state index is 12.0. The highest BCUT2D eigenvalue weighted by atomic mass is 32.1. The topological polar surface area (TPSA) is 75.1 Å². The van der Waals surface area contributed by atoms with Crippen LogP contribution in [-0.2, 0) is 13.0 Å². The number of imidazole rings is 1. The highest BCUT2D eigenvalue weighted by Gasteiger charge is 2.15. The molecule has 2 N–H and O–H groups in total. The maximum absolute atomic E-state index is 12.0. The molecule has 0 aliphatic carbocycles. The summed E-state index contributed by atoms with van der Waals surface area (Å²) in [5.41, 5.74) is 2.03. The number of H-pyrrole nitrogens is 1. The van der Waals surface area contributed by atoms with Crippen molar-refractivity contribution >= 4 is 28.3 Å². The van der Waals surface area contributed by atoms with Crippen LogP contribution >= 0.6 is 11.3 Å². The molecule has 0 aliphatic rings. The number of aryl methyl sites for hydroxylation is 2. The third-order valence-corrected chi connectivity index (χ3v) is 3.96. The molecule has 6 heteroatoms. The van der Waals surface area contributed by atoms with Gasteiger partial charge in [-0.25, -0.2) is 9.59 Å². The molecule has 2 aromatic heterocycles. The zero-order valence-electron chi connectivity index (χ0n) is 10.5. The summed E-state index contributed by atoms with van der Waals surface area (Å²) in [5, 5.41) is 13.2. The number of carbonyl (C=O) groups is 1. The summed E-state index contributed by atoms with van der Waals surface area (Å²) in [7, 11) is 0. The first-order chi connectivity index (χ1) is 9.66. The van der Waals surface area contributed by atoms with E-state index in [-0.39, 0.29) is 11.3 Å². The lowest BCUT2D eigenvalue weighted by molar-refractivity contribution is 0.0698. The van der Waals surface area contributed by atoms with E-state index in [9.17, 15) is 14.7 Å². The van der Waals surface area contributed by atoms with Gasteiger partial charge in [-0.15, -0.1) is 0 Å². The van der Waals surface area contributed by atoms with E-state index in [2.05, 4.69) is 4.98 Å². The van der Waals surface area contributed by atoms with E-state index in [4.69, 9.17) is 0 Å². The van der Waals surface area contributed by atoms with Gasteiger partial charge in [0.25, 0.3) is 0 Å². The van der Waals surface area contributed by atoms with E-state index in [0.717, 1.165) is 5.56 Å². The number of benzene rings is 1. The standard InChI is InChI=1S/C14H12N2O3S/c17-13(18)10-2-1-3-11-12(10)16(14(19)15-11)6-4-9-5-7-20-8-9/h1-3,5,7-8H,4,6H2,(H,15,19)(H,17,18). The van der Waals surface area contributed by atoms with Crippen molar-refractivity contribution in [3.8, 4) is 0 Å². The smallest absolute Gasteiger partial charge is 0.337 e. The molecular weight excluding hydrogens is 276 g/mol. The van der Waals surface area contributed by atoms with E-state index >= 15 is 0 Å². The zero-order chi connectivity index (χ0) is 14.1. The monoisotopic (exact) mass is 288 g/mol. The molecule has 0 amide bonds. The lowest BCUT2D eigenvalue weighted by atomic mass is 10.1. The van der Waals surface area contributed by atoms with Gasteiger partial charge in [0, 0.05) is 6.54 Å². The molecule has 2 heterocycles. The number of nitrogens with one attached hydrogen (secondary N) is 1. The number of thiophene rings is 1. The third-order valence-electron chi connectivity index (χ3n) is 3.23. The lowest BCUT2D eigenvalue weighted by Gasteiger charge is -2.04. The number of aromatic amines is 1. The Morgan fingerprint density at radius 1 is 1.35 bits per heavy atom. The van der Waals surface area contributed by atoms with Crippen molar-refractivity contribution in [3.05, 3.63) is 56.6 Å². The minimum Gasteiger partial charge on any atom is -0.478 e. The Bertz CT molecular complexity index is 815. The van der Waals surface area contributed by atoms with Crippen LogP contribution in [0.5, 0.6) is 0 Å². The molecule has 0 bridgehead atoms. The summed E-state index contributed by atoms with van der Waals surface area (Å²) in [6.07, 6.45) is 0.699. The number of hydrogen-bond donors (Lipinski definition) is 2. The largest absolute Gasteiger partial charge is 0.478 e. The second-order valence-electron chi connectivity index (χ2n) is 4.47. The van der Waals surface area contributed by atoms with Gasteiger partial charge in [-0.05, 0) is 40.9 Å². The predicted molar refractivity (Wildman–Crippen MR) is 77.5 cm³/mol. The molecule has 0 saturated heterocycles. The summed E-state index contributed by atoms with van der Waals surface area (Å²) in [4.78, 5) is 26.0. The summed E-state index contributed by atoms with van der Waals surface area (Å²) in [6.45, 7) is 0.458. The van der Waals surface area contributed by atoms with Gasteiger partial charge in [0.1, 0.15) is 0 Å². The molecule has 1 aromatic carbocycles. The molecule has 3 rings (SSSR count). The fraction of sp³-hybridized carbons (Fsp3) is 0.143. The van der Waals surface area contributed by atoms with Crippen LogP contribution in [0.4, 0.5) is 0 Å². The number of para-hydroxylation sites is 1. The van der Waals surface area contributed by atoms with Gasteiger partial charge in [-0.1, -0.05) is 6.07 Å². The first-order valence-corrected chi connectivity index (χ1v) is 7.07. The Morgan fingerprint density at radius 3 is 2.90 bits per heavy atom. The van der Waals surface area contributed by atoms with Crippen molar-refractivity contribution in [1.82, 2.24) is 9.55 Å². The average molecular weight is 288 g/mol. The number of nitrogens with zero attached hydrogens (tertiary/aromatic N) is 1. The molecule has 0 aliphatic heterocycles. The van der Waals surface area contributed by atoms with E-state index in [1.165, 1.54) is 10.6 Å². The lowest BCUT2D eigenvalue weighted by Crippen LogP contribution is -2.18. The Hall–Kier alpha value is -2.34. The quantitative estimate of drug-likeness (QED) is 0.773. The van der Waals surface area contributed by atoms with E-state index in [1.807, 2.05) is 16.8 Å². The summed E-state index contributed by atoms with van der Waals surface area (Å²) >= 11 is 1.60. The van der Waals surface area contributed by atoms with E-state index < -0.39 is 5.97 Å². The molecule has 5 nitrogen and oxygen atoms in total. The van der Waals surface area contributed by atoms with Crippen molar-refractivity contribution in [1.29, 1.82) is 0 Å². The van der Waals surface area contributed by atoms with Crippen LogP contribution in [0, 0.1) is 0 Å². The number of aromatic nitrogens is 2. The first kappa shape index (κ1) is 12.7. The van der Waals surface area contributed by atoms with Crippen LogP contribution in [0.2, 0.25) is 0 Å². The van der Waals surface area contributed by atoms with Crippen molar-refractivity contribution in [3.63, 3.8) is 0 Å². The molecule has 0 fully saturated rings.